The lowest BCUT2D eigenvalue weighted by Gasteiger charge is -2.04. The molecule has 0 unspecified atom stereocenters. The molecule has 21 heavy (non-hydrogen) atoms. The van der Waals surface area contributed by atoms with E-state index >= 15 is 0 Å². The van der Waals surface area contributed by atoms with Gasteiger partial charge in [-0.15, -0.1) is 10.2 Å². The minimum Gasteiger partial charge on any atom is -0.305 e. The molecule has 1 aromatic carbocycles. The monoisotopic (exact) mass is 360 g/mol. The Hall–Kier alpha value is -1.66. The number of aromatic nitrogens is 4. The average Bonchev–Trinajstić information content (AvgIpc) is 2.87. The maximum absolute atomic E-state index is 4.27. The number of hydrogen-bond donors (Lipinski definition) is 0. The molecule has 0 aliphatic heterocycles. The second-order valence-corrected chi connectivity index (χ2v) is 6.38. The lowest BCUT2D eigenvalue weighted by Crippen LogP contribution is -1.95. The minimum absolute atomic E-state index is 0.833. The highest BCUT2D eigenvalue weighted by molar-refractivity contribution is 9.10. The molecule has 4 nitrogen and oxygen atoms in total. The number of hydrogen-bond acceptors (Lipinski definition) is 4. The molecule has 2 aromatic heterocycles. The third kappa shape index (κ3) is 3.33. The van der Waals surface area contributed by atoms with Gasteiger partial charge in [0, 0.05) is 35.2 Å². The van der Waals surface area contributed by atoms with Crippen LogP contribution in [0.5, 0.6) is 0 Å². The number of halogens is 1. The number of benzene rings is 1. The van der Waals surface area contributed by atoms with Crippen molar-refractivity contribution in [2.45, 2.75) is 10.9 Å². The van der Waals surface area contributed by atoms with Gasteiger partial charge in [-0.25, -0.2) is 0 Å². The van der Waals surface area contributed by atoms with Crippen LogP contribution in [0.2, 0.25) is 0 Å². The van der Waals surface area contributed by atoms with Crippen LogP contribution < -0.4 is 0 Å². The molecule has 0 aliphatic rings. The van der Waals surface area contributed by atoms with Crippen molar-refractivity contribution < 1.29 is 0 Å². The van der Waals surface area contributed by atoms with Crippen LogP contribution in [-0.2, 0) is 12.8 Å². The van der Waals surface area contributed by atoms with Crippen LogP contribution in [0, 0.1) is 0 Å². The van der Waals surface area contributed by atoms with E-state index in [1.165, 1.54) is 5.56 Å². The van der Waals surface area contributed by atoms with E-state index in [1.54, 1.807) is 24.2 Å². The Morgan fingerprint density at radius 3 is 2.86 bits per heavy atom. The lowest BCUT2D eigenvalue weighted by molar-refractivity contribution is 0.793. The molecule has 3 aromatic rings. The summed E-state index contributed by atoms with van der Waals surface area (Å²) in [6.45, 7) is 0. The Balaban J connectivity index is 1.77. The molecule has 0 radical (unpaired) electrons. The van der Waals surface area contributed by atoms with E-state index in [0.29, 0.717) is 0 Å². The molecule has 0 aliphatic carbocycles. The van der Waals surface area contributed by atoms with Crippen molar-refractivity contribution in [3.05, 3.63) is 58.8 Å². The fourth-order valence-electron chi connectivity index (χ4n) is 1.96. The van der Waals surface area contributed by atoms with Gasteiger partial charge in [0.05, 0.1) is 0 Å². The molecular weight excluding hydrogens is 348 g/mol. The smallest absolute Gasteiger partial charge is 0.191 e. The molecule has 0 N–H and O–H groups in total. The van der Waals surface area contributed by atoms with Gasteiger partial charge in [-0.1, -0.05) is 39.8 Å². The van der Waals surface area contributed by atoms with Crippen LogP contribution in [0.15, 0.2) is 58.4 Å². The van der Waals surface area contributed by atoms with E-state index in [2.05, 4.69) is 43.2 Å². The summed E-state index contributed by atoms with van der Waals surface area (Å²) in [4.78, 5) is 4.12. The fraction of sp³-hybridized carbons (Fsp3) is 0.133. The van der Waals surface area contributed by atoms with Crippen molar-refractivity contribution in [3.63, 3.8) is 0 Å². The van der Waals surface area contributed by atoms with Crippen molar-refractivity contribution in [1.29, 1.82) is 0 Å². The highest BCUT2D eigenvalue weighted by Crippen LogP contribution is 2.25. The first-order valence-electron chi connectivity index (χ1n) is 6.41. The maximum atomic E-state index is 4.27. The van der Waals surface area contributed by atoms with Crippen LogP contribution >= 0.6 is 27.7 Å². The Labute approximate surface area is 135 Å². The molecule has 0 fully saturated rings. The first-order chi connectivity index (χ1) is 10.2. The zero-order chi connectivity index (χ0) is 14.7. The Kier molecular flexibility index (Phi) is 4.36. The molecule has 3 rings (SSSR count). The third-order valence-corrected chi connectivity index (χ3v) is 4.60. The molecule has 0 bridgehead atoms. The molecule has 6 heteroatoms. The van der Waals surface area contributed by atoms with Crippen molar-refractivity contribution in [3.8, 4) is 11.4 Å². The third-order valence-electron chi connectivity index (χ3n) is 3.01. The van der Waals surface area contributed by atoms with Crippen LogP contribution in [0.1, 0.15) is 5.56 Å². The first kappa shape index (κ1) is 14.3. The van der Waals surface area contributed by atoms with E-state index < -0.39 is 0 Å². The van der Waals surface area contributed by atoms with Gasteiger partial charge in [0.15, 0.2) is 11.0 Å². The van der Waals surface area contributed by atoms with Gasteiger partial charge in [-0.3, -0.25) is 4.98 Å². The van der Waals surface area contributed by atoms with Gasteiger partial charge in [0.25, 0.3) is 0 Å². The maximum Gasteiger partial charge on any atom is 0.191 e. The van der Waals surface area contributed by atoms with E-state index in [0.717, 1.165) is 26.8 Å². The molecule has 0 spiro atoms. The molecule has 106 valence electrons. The van der Waals surface area contributed by atoms with E-state index in [1.807, 2.05) is 35.9 Å². The zero-order valence-electron chi connectivity index (χ0n) is 11.4. The van der Waals surface area contributed by atoms with Crippen LogP contribution in [-0.4, -0.2) is 19.7 Å². The molecular formula is C15H13BrN4S. The largest absolute Gasteiger partial charge is 0.305 e. The quantitative estimate of drug-likeness (QED) is 0.661. The Morgan fingerprint density at radius 2 is 2.10 bits per heavy atom. The van der Waals surface area contributed by atoms with E-state index in [4.69, 9.17) is 0 Å². The number of thioether (sulfide) groups is 1. The average molecular weight is 361 g/mol. The molecule has 0 saturated carbocycles. The van der Waals surface area contributed by atoms with Gasteiger partial charge in [0.1, 0.15) is 0 Å². The van der Waals surface area contributed by atoms with E-state index in [9.17, 15) is 0 Å². The van der Waals surface area contributed by atoms with Crippen LogP contribution in [0.4, 0.5) is 0 Å². The molecule has 0 amide bonds. The topological polar surface area (TPSA) is 43.6 Å². The molecule has 0 atom stereocenters. The summed E-state index contributed by atoms with van der Waals surface area (Å²) in [6, 6.07) is 12.2. The Bertz CT molecular complexity index is 742. The summed E-state index contributed by atoms with van der Waals surface area (Å²) in [5, 5.41) is 9.42. The van der Waals surface area contributed by atoms with E-state index in [-0.39, 0.29) is 0 Å². The molecule has 2 heterocycles. The number of pyridine rings is 1. The zero-order valence-corrected chi connectivity index (χ0v) is 13.8. The summed E-state index contributed by atoms with van der Waals surface area (Å²) in [7, 11) is 1.98. The highest BCUT2D eigenvalue weighted by Gasteiger charge is 2.11. The van der Waals surface area contributed by atoms with Crippen molar-refractivity contribution >= 4 is 27.7 Å². The minimum atomic E-state index is 0.833. The molecule has 0 saturated heterocycles. The summed E-state index contributed by atoms with van der Waals surface area (Å²) < 4.78 is 3.09. The summed E-state index contributed by atoms with van der Waals surface area (Å²) in [6.07, 6.45) is 3.55. The standard InChI is InChI=1S/C15H13BrN4S/c1-20-14(12-5-3-7-17-9-12)18-19-15(20)21-10-11-4-2-6-13(16)8-11/h2-9H,10H2,1H3. The predicted octanol–water partition coefficient (Wildman–Crippen LogP) is 3.93. The lowest BCUT2D eigenvalue weighted by atomic mass is 10.2. The van der Waals surface area contributed by atoms with Crippen LogP contribution in [0.3, 0.4) is 0 Å². The van der Waals surface area contributed by atoms with Gasteiger partial charge in [-0.2, -0.15) is 0 Å². The summed E-state index contributed by atoms with van der Waals surface area (Å²) >= 11 is 5.16. The van der Waals surface area contributed by atoms with Gasteiger partial charge >= 0.3 is 0 Å². The Morgan fingerprint density at radius 1 is 1.19 bits per heavy atom. The number of nitrogens with zero attached hydrogens (tertiary/aromatic N) is 4. The highest BCUT2D eigenvalue weighted by atomic mass is 79.9. The van der Waals surface area contributed by atoms with Crippen molar-refractivity contribution in [2.75, 3.05) is 0 Å². The second kappa shape index (κ2) is 6.41. The SMILES string of the molecule is Cn1c(SCc2cccc(Br)c2)nnc1-c1cccnc1. The van der Waals surface area contributed by atoms with Gasteiger partial charge in [0.2, 0.25) is 0 Å². The summed E-state index contributed by atoms with van der Waals surface area (Å²) in [5.41, 5.74) is 2.22. The fourth-order valence-corrected chi connectivity index (χ4v) is 3.26. The number of rotatable bonds is 4. The predicted molar refractivity (Wildman–Crippen MR) is 87.9 cm³/mol. The van der Waals surface area contributed by atoms with Crippen molar-refractivity contribution in [2.24, 2.45) is 7.05 Å². The normalized spacial score (nSPS) is 10.8. The van der Waals surface area contributed by atoms with Crippen molar-refractivity contribution in [1.82, 2.24) is 19.7 Å². The first-order valence-corrected chi connectivity index (χ1v) is 8.19. The second-order valence-electron chi connectivity index (χ2n) is 4.53. The van der Waals surface area contributed by atoms with Gasteiger partial charge in [-0.05, 0) is 29.8 Å². The van der Waals surface area contributed by atoms with Gasteiger partial charge < -0.3 is 4.57 Å². The summed E-state index contributed by atoms with van der Waals surface area (Å²) in [5.74, 6) is 1.69. The van der Waals surface area contributed by atoms with Crippen LogP contribution in [0.25, 0.3) is 11.4 Å².